The Morgan fingerprint density at radius 1 is 1.29 bits per heavy atom. The third-order valence-corrected chi connectivity index (χ3v) is 5.57. The number of thiazole rings is 1. The van der Waals surface area contributed by atoms with Crippen molar-refractivity contribution in [3.63, 3.8) is 0 Å². The monoisotopic (exact) mass is 310 g/mol. The van der Waals surface area contributed by atoms with Gasteiger partial charge in [-0.25, -0.2) is 0 Å². The highest BCUT2D eigenvalue weighted by atomic mass is 32.1. The molecule has 1 saturated carbocycles. The molecule has 0 aromatic carbocycles. The Morgan fingerprint density at radius 3 is 2.57 bits per heavy atom. The molecule has 0 amide bonds. The van der Waals surface area contributed by atoms with Crippen LogP contribution < -0.4 is 15.0 Å². The molecule has 21 heavy (non-hydrogen) atoms. The summed E-state index contributed by atoms with van der Waals surface area (Å²) in [4.78, 5) is 10.4. The first kappa shape index (κ1) is 15.1. The Balaban J connectivity index is 1.50. The third-order valence-electron chi connectivity index (χ3n) is 4.37. The zero-order valence-corrected chi connectivity index (χ0v) is 14.1. The molecule has 1 aromatic rings. The SMILES string of the molecule is COc1nc(N(C)C)sc1CNC1CCN(C2CC2)CC1. The van der Waals surface area contributed by atoms with Gasteiger partial charge in [0.2, 0.25) is 5.88 Å². The van der Waals surface area contributed by atoms with E-state index in [4.69, 9.17) is 4.74 Å². The van der Waals surface area contributed by atoms with Gasteiger partial charge in [-0.2, -0.15) is 4.98 Å². The molecule has 2 heterocycles. The number of ether oxygens (including phenoxy) is 1. The minimum atomic E-state index is 0.634. The molecule has 1 saturated heterocycles. The van der Waals surface area contributed by atoms with E-state index in [1.165, 1.54) is 43.6 Å². The standard InChI is InChI=1S/C15H26N4OS/c1-18(2)15-17-14(20-3)13(21-15)10-16-11-6-8-19(9-7-11)12-4-5-12/h11-12,16H,4-10H2,1-3H3. The second-order valence-electron chi connectivity index (χ2n) is 6.25. The van der Waals surface area contributed by atoms with Gasteiger partial charge in [-0.15, -0.1) is 0 Å². The van der Waals surface area contributed by atoms with E-state index >= 15 is 0 Å². The van der Waals surface area contributed by atoms with Crippen molar-refractivity contribution >= 4 is 16.5 Å². The van der Waals surface area contributed by atoms with Crippen LogP contribution >= 0.6 is 11.3 Å². The molecular weight excluding hydrogens is 284 g/mol. The van der Waals surface area contributed by atoms with Crippen LogP contribution in [0.25, 0.3) is 0 Å². The molecule has 1 aliphatic carbocycles. The molecule has 2 aliphatic rings. The van der Waals surface area contributed by atoms with E-state index in [1.54, 1.807) is 18.4 Å². The molecule has 5 nitrogen and oxygen atoms in total. The van der Waals surface area contributed by atoms with E-state index in [9.17, 15) is 0 Å². The van der Waals surface area contributed by atoms with E-state index in [1.807, 2.05) is 19.0 Å². The Bertz CT molecular complexity index is 464. The smallest absolute Gasteiger partial charge is 0.230 e. The summed E-state index contributed by atoms with van der Waals surface area (Å²) in [7, 11) is 5.73. The van der Waals surface area contributed by atoms with Crippen LogP contribution in [0.4, 0.5) is 5.13 Å². The Labute approximate surface area is 131 Å². The lowest BCUT2D eigenvalue weighted by Crippen LogP contribution is -2.43. The number of aromatic nitrogens is 1. The number of anilines is 1. The van der Waals surface area contributed by atoms with E-state index < -0.39 is 0 Å². The molecule has 0 unspecified atom stereocenters. The van der Waals surface area contributed by atoms with Crippen molar-refractivity contribution in [2.45, 2.75) is 44.3 Å². The summed E-state index contributed by atoms with van der Waals surface area (Å²) in [5, 5.41) is 4.70. The fourth-order valence-electron chi connectivity index (χ4n) is 2.93. The van der Waals surface area contributed by atoms with Crippen molar-refractivity contribution in [2.75, 3.05) is 39.2 Å². The second kappa shape index (κ2) is 6.50. The van der Waals surface area contributed by atoms with E-state index in [0.29, 0.717) is 6.04 Å². The quantitative estimate of drug-likeness (QED) is 0.869. The Kier molecular flexibility index (Phi) is 4.66. The molecule has 3 rings (SSSR count). The number of methoxy groups -OCH3 is 1. The highest BCUT2D eigenvalue weighted by Gasteiger charge is 2.31. The number of rotatable bonds is 6. The van der Waals surface area contributed by atoms with Crippen LogP contribution in [-0.2, 0) is 6.54 Å². The van der Waals surface area contributed by atoms with Crippen LogP contribution in [0.3, 0.4) is 0 Å². The maximum absolute atomic E-state index is 5.40. The molecule has 0 radical (unpaired) electrons. The highest BCUT2D eigenvalue weighted by molar-refractivity contribution is 7.15. The Morgan fingerprint density at radius 2 is 2.00 bits per heavy atom. The first-order valence-electron chi connectivity index (χ1n) is 7.86. The van der Waals surface area contributed by atoms with Gasteiger partial charge in [-0.05, 0) is 38.8 Å². The summed E-state index contributed by atoms with van der Waals surface area (Å²) in [6.07, 6.45) is 5.36. The lowest BCUT2D eigenvalue weighted by molar-refractivity contribution is 0.189. The van der Waals surface area contributed by atoms with Gasteiger partial charge in [0.25, 0.3) is 0 Å². The average Bonchev–Trinajstić information content (AvgIpc) is 3.25. The number of hydrogen-bond acceptors (Lipinski definition) is 6. The van der Waals surface area contributed by atoms with Crippen LogP contribution in [0.2, 0.25) is 0 Å². The van der Waals surface area contributed by atoms with Gasteiger partial charge in [-0.1, -0.05) is 11.3 Å². The summed E-state index contributed by atoms with van der Waals surface area (Å²) >= 11 is 1.71. The van der Waals surface area contributed by atoms with Gasteiger partial charge in [0.15, 0.2) is 5.13 Å². The maximum atomic E-state index is 5.40. The predicted molar refractivity (Wildman–Crippen MR) is 87.4 cm³/mol. The predicted octanol–water partition coefficient (Wildman–Crippen LogP) is 1.93. The first-order chi connectivity index (χ1) is 10.2. The van der Waals surface area contributed by atoms with E-state index in [2.05, 4.69) is 15.2 Å². The number of likely N-dealkylation sites (tertiary alicyclic amines) is 1. The number of piperidine rings is 1. The van der Waals surface area contributed by atoms with Crippen LogP contribution in [0, 0.1) is 0 Å². The fourth-order valence-corrected chi connectivity index (χ4v) is 3.84. The molecule has 0 spiro atoms. The van der Waals surface area contributed by atoms with Crippen molar-refractivity contribution in [3.8, 4) is 5.88 Å². The molecular formula is C15H26N4OS. The lowest BCUT2D eigenvalue weighted by atomic mass is 10.0. The summed E-state index contributed by atoms with van der Waals surface area (Å²) in [6, 6.07) is 1.55. The summed E-state index contributed by atoms with van der Waals surface area (Å²) in [5.74, 6) is 0.770. The summed E-state index contributed by atoms with van der Waals surface area (Å²) in [6.45, 7) is 3.37. The van der Waals surface area contributed by atoms with Crippen molar-refractivity contribution in [3.05, 3.63) is 4.88 Å². The van der Waals surface area contributed by atoms with Gasteiger partial charge in [0.1, 0.15) is 0 Å². The minimum Gasteiger partial charge on any atom is -0.480 e. The number of nitrogens with one attached hydrogen (secondary N) is 1. The topological polar surface area (TPSA) is 40.6 Å². The van der Waals surface area contributed by atoms with Gasteiger partial charge in [0, 0.05) is 32.7 Å². The van der Waals surface area contributed by atoms with Gasteiger partial charge in [-0.3, -0.25) is 0 Å². The maximum Gasteiger partial charge on any atom is 0.230 e. The molecule has 1 N–H and O–H groups in total. The zero-order chi connectivity index (χ0) is 14.8. The van der Waals surface area contributed by atoms with Gasteiger partial charge in [0.05, 0.1) is 12.0 Å². The molecule has 2 fully saturated rings. The van der Waals surface area contributed by atoms with Crippen molar-refractivity contribution in [2.24, 2.45) is 0 Å². The van der Waals surface area contributed by atoms with Crippen molar-refractivity contribution in [1.82, 2.24) is 15.2 Å². The van der Waals surface area contributed by atoms with Crippen LogP contribution in [0.1, 0.15) is 30.6 Å². The molecule has 118 valence electrons. The molecule has 6 heteroatoms. The third kappa shape index (κ3) is 3.67. The number of hydrogen-bond donors (Lipinski definition) is 1. The summed E-state index contributed by atoms with van der Waals surface area (Å²) < 4.78 is 5.40. The molecule has 1 aliphatic heterocycles. The van der Waals surface area contributed by atoms with Crippen LogP contribution in [-0.4, -0.2) is 56.3 Å². The number of nitrogens with zero attached hydrogens (tertiary/aromatic N) is 3. The first-order valence-corrected chi connectivity index (χ1v) is 8.67. The highest BCUT2D eigenvalue weighted by Crippen LogP contribution is 2.31. The Hall–Kier alpha value is -0.850. The van der Waals surface area contributed by atoms with E-state index in [-0.39, 0.29) is 0 Å². The molecule has 0 atom stereocenters. The van der Waals surface area contributed by atoms with Crippen LogP contribution in [0.5, 0.6) is 5.88 Å². The average molecular weight is 310 g/mol. The minimum absolute atomic E-state index is 0.634. The zero-order valence-electron chi connectivity index (χ0n) is 13.3. The summed E-state index contributed by atoms with van der Waals surface area (Å²) in [5.41, 5.74) is 0. The van der Waals surface area contributed by atoms with Crippen molar-refractivity contribution in [1.29, 1.82) is 0 Å². The largest absolute Gasteiger partial charge is 0.480 e. The lowest BCUT2D eigenvalue weighted by Gasteiger charge is -2.32. The van der Waals surface area contributed by atoms with Gasteiger partial charge >= 0.3 is 0 Å². The normalized spacial score (nSPS) is 20.7. The van der Waals surface area contributed by atoms with E-state index in [0.717, 1.165) is 23.6 Å². The molecule has 1 aromatic heterocycles. The second-order valence-corrected chi connectivity index (χ2v) is 7.31. The molecule has 0 bridgehead atoms. The fraction of sp³-hybridized carbons (Fsp3) is 0.800. The van der Waals surface area contributed by atoms with Crippen LogP contribution in [0.15, 0.2) is 0 Å². The van der Waals surface area contributed by atoms with Crippen molar-refractivity contribution < 1.29 is 4.74 Å². The van der Waals surface area contributed by atoms with Gasteiger partial charge < -0.3 is 19.9 Å².